The number of nitrogens with one attached hydrogen (secondary N) is 1. The highest BCUT2D eigenvalue weighted by Crippen LogP contribution is 2.20. The van der Waals surface area contributed by atoms with E-state index in [0.717, 1.165) is 11.1 Å². The maximum atomic E-state index is 12.1. The highest BCUT2D eigenvalue weighted by atomic mass is 35.5. The maximum Gasteiger partial charge on any atom is 0.342 e. The molecule has 0 radical (unpaired) electrons. The van der Waals surface area contributed by atoms with Crippen LogP contribution in [0.2, 0.25) is 5.02 Å². The largest absolute Gasteiger partial charge is 0.496 e. The molecule has 25 heavy (non-hydrogen) atoms. The number of carbonyl (C=O) groups is 2. The van der Waals surface area contributed by atoms with Crippen LogP contribution in [0.15, 0.2) is 42.5 Å². The first-order valence-electron chi connectivity index (χ1n) is 7.82. The lowest BCUT2D eigenvalue weighted by Gasteiger charge is -2.10. The van der Waals surface area contributed by atoms with E-state index < -0.39 is 5.97 Å². The van der Waals surface area contributed by atoms with Crippen LogP contribution in [0.4, 0.5) is 0 Å². The molecule has 0 fully saturated rings. The van der Waals surface area contributed by atoms with Crippen molar-refractivity contribution < 1.29 is 19.1 Å². The molecule has 0 spiro atoms. The summed E-state index contributed by atoms with van der Waals surface area (Å²) in [6.07, 6.45) is 0.669. The Bertz CT molecular complexity index is 744. The van der Waals surface area contributed by atoms with Crippen molar-refractivity contribution in [3.8, 4) is 5.75 Å². The summed E-state index contributed by atoms with van der Waals surface area (Å²) >= 11 is 5.82. The fourth-order valence-electron chi connectivity index (χ4n) is 2.24. The summed E-state index contributed by atoms with van der Waals surface area (Å²) in [5, 5.41) is 3.38. The zero-order valence-corrected chi connectivity index (χ0v) is 14.9. The van der Waals surface area contributed by atoms with Crippen molar-refractivity contribution in [1.82, 2.24) is 5.32 Å². The summed E-state index contributed by atoms with van der Waals surface area (Å²) < 4.78 is 10.2. The van der Waals surface area contributed by atoms with E-state index in [1.807, 2.05) is 25.1 Å². The van der Waals surface area contributed by atoms with E-state index in [0.29, 0.717) is 29.3 Å². The summed E-state index contributed by atoms with van der Waals surface area (Å²) in [6, 6.07) is 12.6. The van der Waals surface area contributed by atoms with Gasteiger partial charge in [-0.15, -0.1) is 0 Å². The Hall–Kier alpha value is -2.53. The lowest BCUT2D eigenvalue weighted by Crippen LogP contribution is -2.30. The molecule has 6 heteroatoms. The van der Waals surface area contributed by atoms with Crippen molar-refractivity contribution in [3.05, 3.63) is 64.2 Å². The Balaban J connectivity index is 1.78. The van der Waals surface area contributed by atoms with Gasteiger partial charge in [0.1, 0.15) is 11.3 Å². The third kappa shape index (κ3) is 5.80. The number of esters is 1. The van der Waals surface area contributed by atoms with Gasteiger partial charge in [-0.1, -0.05) is 35.4 Å². The lowest BCUT2D eigenvalue weighted by atomic mass is 10.1. The minimum absolute atomic E-state index is 0.302. The quantitative estimate of drug-likeness (QED) is 0.769. The molecule has 1 N–H and O–H groups in total. The molecule has 2 rings (SSSR count). The van der Waals surface area contributed by atoms with E-state index in [-0.39, 0.29) is 12.5 Å². The second-order valence-electron chi connectivity index (χ2n) is 5.51. The van der Waals surface area contributed by atoms with Crippen LogP contribution >= 0.6 is 11.6 Å². The van der Waals surface area contributed by atoms with Gasteiger partial charge in [0.15, 0.2) is 6.61 Å². The fraction of sp³-hybridized carbons (Fsp3) is 0.263. The monoisotopic (exact) mass is 361 g/mol. The molecule has 0 atom stereocenters. The van der Waals surface area contributed by atoms with Gasteiger partial charge < -0.3 is 14.8 Å². The molecule has 5 nitrogen and oxygen atoms in total. The van der Waals surface area contributed by atoms with Crippen molar-refractivity contribution in [2.75, 3.05) is 20.3 Å². The highest BCUT2D eigenvalue weighted by Gasteiger charge is 2.15. The van der Waals surface area contributed by atoms with Crippen LogP contribution in [0.25, 0.3) is 0 Å². The van der Waals surface area contributed by atoms with Gasteiger partial charge in [-0.05, 0) is 43.2 Å². The van der Waals surface area contributed by atoms with Gasteiger partial charge in [0, 0.05) is 11.6 Å². The van der Waals surface area contributed by atoms with E-state index >= 15 is 0 Å². The third-order valence-corrected chi connectivity index (χ3v) is 3.81. The number of hydrogen-bond donors (Lipinski definition) is 1. The number of aryl methyl sites for hydroxylation is 1. The smallest absolute Gasteiger partial charge is 0.342 e. The zero-order valence-electron chi connectivity index (χ0n) is 14.2. The van der Waals surface area contributed by atoms with Gasteiger partial charge in [-0.3, -0.25) is 4.79 Å². The summed E-state index contributed by atoms with van der Waals surface area (Å²) in [5.41, 5.74) is 2.27. The summed E-state index contributed by atoms with van der Waals surface area (Å²) in [6.45, 7) is 1.97. The second-order valence-corrected chi connectivity index (χ2v) is 5.94. The molecule has 0 aromatic heterocycles. The van der Waals surface area contributed by atoms with Crippen LogP contribution in [-0.4, -0.2) is 32.1 Å². The molecule has 0 saturated heterocycles. The van der Waals surface area contributed by atoms with Crippen molar-refractivity contribution in [2.45, 2.75) is 13.3 Å². The maximum absolute atomic E-state index is 12.1. The zero-order chi connectivity index (χ0) is 18.2. The molecule has 0 saturated carbocycles. The van der Waals surface area contributed by atoms with E-state index in [9.17, 15) is 9.59 Å². The topological polar surface area (TPSA) is 64.6 Å². The molecule has 0 aliphatic carbocycles. The van der Waals surface area contributed by atoms with Gasteiger partial charge in [0.25, 0.3) is 5.91 Å². The third-order valence-electron chi connectivity index (χ3n) is 3.56. The van der Waals surface area contributed by atoms with Crippen molar-refractivity contribution in [3.63, 3.8) is 0 Å². The van der Waals surface area contributed by atoms with Gasteiger partial charge in [0.2, 0.25) is 0 Å². The lowest BCUT2D eigenvalue weighted by molar-refractivity contribution is -0.124. The normalized spacial score (nSPS) is 10.2. The number of hydrogen-bond acceptors (Lipinski definition) is 4. The van der Waals surface area contributed by atoms with Gasteiger partial charge in [0.05, 0.1) is 7.11 Å². The Kier molecular flexibility index (Phi) is 6.83. The molecule has 132 valence electrons. The van der Waals surface area contributed by atoms with Crippen LogP contribution in [0.3, 0.4) is 0 Å². The number of halogens is 1. The number of ether oxygens (including phenoxy) is 2. The molecule has 0 bridgehead atoms. The van der Waals surface area contributed by atoms with Gasteiger partial charge in [-0.25, -0.2) is 4.79 Å². The molecular weight excluding hydrogens is 342 g/mol. The molecule has 0 aliphatic heterocycles. The average molecular weight is 362 g/mol. The standard InChI is InChI=1S/C19H20ClNO4/c1-13-3-8-17(24-2)16(11-13)19(23)25-12-18(22)21-10-9-14-4-6-15(20)7-5-14/h3-8,11H,9-10,12H2,1-2H3,(H,21,22). The first-order valence-corrected chi connectivity index (χ1v) is 8.20. The summed E-state index contributed by atoms with van der Waals surface area (Å²) in [4.78, 5) is 23.9. The number of benzene rings is 2. The molecule has 0 aliphatic rings. The van der Waals surface area contributed by atoms with E-state index in [1.54, 1.807) is 24.3 Å². The van der Waals surface area contributed by atoms with Crippen LogP contribution in [0.1, 0.15) is 21.5 Å². The minimum Gasteiger partial charge on any atom is -0.496 e. The Morgan fingerprint density at radius 1 is 1.12 bits per heavy atom. The predicted octanol–water partition coefficient (Wildman–Crippen LogP) is 3.17. The Morgan fingerprint density at radius 3 is 2.52 bits per heavy atom. The first kappa shape index (κ1) is 18.8. The summed E-state index contributed by atoms with van der Waals surface area (Å²) in [7, 11) is 1.48. The van der Waals surface area contributed by atoms with Gasteiger partial charge in [-0.2, -0.15) is 0 Å². The van der Waals surface area contributed by atoms with Crippen LogP contribution in [0, 0.1) is 6.92 Å². The van der Waals surface area contributed by atoms with Crippen molar-refractivity contribution in [1.29, 1.82) is 0 Å². The molecule has 2 aromatic carbocycles. The van der Waals surface area contributed by atoms with Crippen molar-refractivity contribution in [2.24, 2.45) is 0 Å². The molecule has 0 unspecified atom stereocenters. The van der Waals surface area contributed by atoms with E-state index in [1.165, 1.54) is 7.11 Å². The number of methoxy groups -OCH3 is 1. The number of rotatable bonds is 7. The molecule has 0 heterocycles. The number of carbonyl (C=O) groups excluding carboxylic acids is 2. The average Bonchev–Trinajstić information content (AvgIpc) is 2.61. The van der Waals surface area contributed by atoms with Crippen LogP contribution in [0.5, 0.6) is 5.75 Å². The Morgan fingerprint density at radius 2 is 1.84 bits per heavy atom. The van der Waals surface area contributed by atoms with Gasteiger partial charge >= 0.3 is 5.97 Å². The molecular formula is C19H20ClNO4. The summed E-state index contributed by atoms with van der Waals surface area (Å²) in [5.74, 6) is -0.527. The predicted molar refractivity (Wildman–Crippen MR) is 96.2 cm³/mol. The SMILES string of the molecule is COc1ccc(C)cc1C(=O)OCC(=O)NCCc1ccc(Cl)cc1. The van der Waals surface area contributed by atoms with Crippen molar-refractivity contribution >= 4 is 23.5 Å². The highest BCUT2D eigenvalue weighted by molar-refractivity contribution is 6.30. The van der Waals surface area contributed by atoms with E-state index in [2.05, 4.69) is 5.32 Å². The number of amides is 1. The molecule has 1 amide bonds. The minimum atomic E-state index is -0.589. The Labute approximate surface area is 151 Å². The fourth-order valence-corrected chi connectivity index (χ4v) is 2.36. The first-order chi connectivity index (χ1) is 12.0. The van der Waals surface area contributed by atoms with Crippen LogP contribution in [-0.2, 0) is 16.0 Å². The van der Waals surface area contributed by atoms with E-state index in [4.69, 9.17) is 21.1 Å². The van der Waals surface area contributed by atoms with Crippen LogP contribution < -0.4 is 10.1 Å². The molecule has 2 aromatic rings. The second kappa shape index (κ2) is 9.08.